The van der Waals surface area contributed by atoms with Crippen LogP contribution in [0.1, 0.15) is 31.5 Å². The predicted octanol–water partition coefficient (Wildman–Crippen LogP) is 3.51. The van der Waals surface area contributed by atoms with Crippen LogP contribution in [-0.2, 0) is 24.3 Å². The zero-order valence-electron chi connectivity index (χ0n) is 13.6. The fourth-order valence-corrected chi connectivity index (χ4v) is 3.25. The van der Waals surface area contributed by atoms with Crippen LogP contribution in [0.25, 0.3) is 11.4 Å². The van der Waals surface area contributed by atoms with Crippen molar-refractivity contribution in [1.82, 2.24) is 9.55 Å². The topological polar surface area (TPSA) is 47.3 Å². The molecule has 0 atom stereocenters. The van der Waals surface area contributed by atoms with Gasteiger partial charge in [-0.3, -0.25) is 0 Å². The molecule has 0 radical (unpaired) electrons. The van der Waals surface area contributed by atoms with Crippen molar-refractivity contribution in [1.29, 1.82) is 0 Å². The summed E-state index contributed by atoms with van der Waals surface area (Å²) < 4.78 is 8.74. The van der Waals surface area contributed by atoms with Crippen molar-refractivity contribution in [2.45, 2.75) is 45.4 Å². The Hall–Kier alpha value is -1.56. The normalized spacial score (nSPS) is 16.1. The molecule has 5 heteroatoms. The molecule has 1 aromatic carbocycles. The van der Waals surface area contributed by atoms with E-state index in [2.05, 4.69) is 23.4 Å². The van der Waals surface area contributed by atoms with E-state index in [1.54, 1.807) is 0 Å². The van der Waals surface area contributed by atoms with Gasteiger partial charge in [0.2, 0.25) is 0 Å². The smallest absolute Gasteiger partial charge is 0.141 e. The summed E-state index contributed by atoms with van der Waals surface area (Å²) in [6, 6.07) is 10.1. The predicted molar refractivity (Wildman–Crippen MR) is 92.8 cm³/mol. The number of benzene rings is 1. The first-order chi connectivity index (χ1) is 11.0. The monoisotopic (exact) mass is 330 g/mol. The third-order valence-corrected chi connectivity index (χ3v) is 4.51. The second-order valence-electron chi connectivity index (χ2n) is 6.49. The van der Waals surface area contributed by atoms with E-state index >= 15 is 0 Å². The average Bonchev–Trinajstić information content (AvgIpc) is 2.53. The summed E-state index contributed by atoms with van der Waals surface area (Å²) in [5, 5.41) is 9.27. The molecule has 0 spiro atoms. The molecule has 0 saturated heterocycles. The molecule has 3 rings (SSSR count). The molecule has 2 aromatic rings. The maximum absolute atomic E-state index is 9.27. The summed E-state index contributed by atoms with van der Waals surface area (Å²) in [7, 11) is 0. The minimum Gasteiger partial charge on any atom is -0.396 e. The molecule has 1 N–H and O–H groups in total. The highest BCUT2D eigenvalue weighted by molar-refractivity contribution is 7.71. The van der Waals surface area contributed by atoms with Crippen LogP contribution in [-0.4, -0.2) is 26.9 Å². The molecule has 1 aliphatic rings. The van der Waals surface area contributed by atoms with Crippen molar-refractivity contribution in [3.63, 3.8) is 0 Å². The Morgan fingerprint density at radius 2 is 2.04 bits per heavy atom. The van der Waals surface area contributed by atoms with Crippen LogP contribution in [0.3, 0.4) is 0 Å². The quantitative estimate of drug-likeness (QED) is 0.872. The number of rotatable bonds is 4. The number of aromatic nitrogens is 2. The van der Waals surface area contributed by atoms with Crippen molar-refractivity contribution >= 4 is 12.2 Å². The largest absolute Gasteiger partial charge is 0.396 e. The van der Waals surface area contributed by atoms with Crippen molar-refractivity contribution in [2.75, 3.05) is 6.61 Å². The number of ether oxygens (including phenoxy) is 1. The minimum absolute atomic E-state index is 0.158. The summed E-state index contributed by atoms with van der Waals surface area (Å²) in [5.41, 5.74) is 3.03. The minimum atomic E-state index is -0.217. The molecular weight excluding hydrogens is 308 g/mol. The maximum Gasteiger partial charge on any atom is 0.141 e. The molecule has 0 unspecified atom stereocenters. The number of hydrogen-bond donors (Lipinski definition) is 1. The van der Waals surface area contributed by atoms with Gasteiger partial charge in [0, 0.05) is 36.4 Å². The van der Waals surface area contributed by atoms with Crippen molar-refractivity contribution in [3.05, 3.63) is 46.2 Å². The zero-order chi connectivity index (χ0) is 16.4. The lowest BCUT2D eigenvalue weighted by molar-refractivity contribution is -0.0428. The summed E-state index contributed by atoms with van der Waals surface area (Å²) in [4.78, 5) is 4.67. The highest BCUT2D eigenvalue weighted by Crippen LogP contribution is 2.31. The van der Waals surface area contributed by atoms with Crippen molar-refractivity contribution < 1.29 is 9.84 Å². The van der Waals surface area contributed by atoms with Crippen LogP contribution in [0.4, 0.5) is 0 Å². The Morgan fingerprint density at radius 3 is 2.74 bits per heavy atom. The highest BCUT2D eigenvalue weighted by atomic mass is 32.1. The van der Waals surface area contributed by atoms with Gasteiger partial charge >= 0.3 is 0 Å². The molecule has 0 aliphatic carbocycles. The van der Waals surface area contributed by atoms with Crippen LogP contribution >= 0.6 is 12.2 Å². The maximum atomic E-state index is 9.27. The van der Waals surface area contributed by atoms with Gasteiger partial charge in [-0.25, -0.2) is 4.98 Å². The van der Waals surface area contributed by atoms with Crippen LogP contribution in [0, 0.1) is 4.64 Å². The molecule has 0 amide bonds. The Bertz CT molecular complexity index is 754. The van der Waals surface area contributed by atoms with E-state index in [1.807, 2.05) is 30.3 Å². The zero-order valence-corrected chi connectivity index (χ0v) is 14.4. The van der Waals surface area contributed by atoms with Gasteiger partial charge < -0.3 is 14.4 Å². The standard InChI is InChI=1S/C18H22N2O2S/c1-18(2)11-15-14(12-22-18)17(23)19-16(20(15)9-6-10-21)13-7-4-3-5-8-13/h3-5,7-8,21H,6,9-12H2,1-2H3. The lowest BCUT2D eigenvalue weighted by Crippen LogP contribution is -2.35. The van der Waals surface area contributed by atoms with E-state index in [0.29, 0.717) is 17.7 Å². The molecular formula is C18H22N2O2S. The Labute approximate surface area is 141 Å². The molecule has 1 aromatic heterocycles. The lowest BCUT2D eigenvalue weighted by Gasteiger charge is -2.34. The fourth-order valence-electron chi connectivity index (χ4n) is 2.98. The van der Waals surface area contributed by atoms with Crippen LogP contribution in [0.5, 0.6) is 0 Å². The second kappa shape index (κ2) is 6.51. The highest BCUT2D eigenvalue weighted by Gasteiger charge is 2.30. The number of hydrogen-bond acceptors (Lipinski definition) is 4. The van der Waals surface area contributed by atoms with Crippen LogP contribution in [0.2, 0.25) is 0 Å². The number of nitrogens with zero attached hydrogens (tertiary/aromatic N) is 2. The molecule has 2 heterocycles. The molecule has 23 heavy (non-hydrogen) atoms. The number of fused-ring (bicyclic) bond motifs is 1. The van der Waals surface area contributed by atoms with E-state index in [4.69, 9.17) is 17.0 Å². The molecule has 4 nitrogen and oxygen atoms in total. The van der Waals surface area contributed by atoms with E-state index in [-0.39, 0.29) is 12.2 Å². The first-order valence-electron chi connectivity index (χ1n) is 7.95. The molecule has 1 aliphatic heterocycles. The molecule has 0 fully saturated rings. The molecule has 0 saturated carbocycles. The summed E-state index contributed by atoms with van der Waals surface area (Å²) >= 11 is 5.52. The molecule has 0 bridgehead atoms. The Balaban J connectivity index is 2.20. The first kappa shape index (κ1) is 16.3. The fraction of sp³-hybridized carbons (Fsp3) is 0.444. The van der Waals surface area contributed by atoms with Crippen molar-refractivity contribution in [2.24, 2.45) is 0 Å². The molecule has 122 valence electrons. The second-order valence-corrected chi connectivity index (χ2v) is 6.87. The van der Waals surface area contributed by atoms with E-state index in [9.17, 15) is 5.11 Å². The Morgan fingerprint density at radius 1 is 1.30 bits per heavy atom. The summed E-state index contributed by atoms with van der Waals surface area (Å²) in [5.74, 6) is 0.875. The van der Waals surface area contributed by atoms with Gasteiger partial charge in [0.05, 0.1) is 12.2 Å². The van der Waals surface area contributed by atoms with Crippen molar-refractivity contribution in [3.8, 4) is 11.4 Å². The van der Waals surface area contributed by atoms with Gasteiger partial charge in [0.1, 0.15) is 10.5 Å². The van der Waals surface area contributed by atoms with Gasteiger partial charge in [-0.15, -0.1) is 0 Å². The van der Waals surface area contributed by atoms with E-state index in [1.165, 1.54) is 5.69 Å². The summed E-state index contributed by atoms with van der Waals surface area (Å²) in [6.07, 6.45) is 1.48. The SMILES string of the molecule is CC1(C)Cc2c(c(=S)nc(-c3ccccc3)n2CCCO)CO1. The first-order valence-corrected chi connectivity index (χ1v) is 8.35. The Kier molecular flexibility index (Phi) is 4.62. The third-order valence-electron chi connectivity index (χ3n) is 4.17. The van der Waals surface area contributed by atoms with E-state index in [0.717, 1.165) is 29.9 Å². The van der Waals surface area contributed by atoms with Gasteiger partial charge in [-0.2, -0.15) is 0 Å². The van der Waals surface area contributed by atoms with Gasteiger partial charge in [-0.1, -0.05) is 42.5 Å². The third kappa shape index (κ3) is 3.37. The van der Waals surface area contributed by atoms with Crippen LogP contribution in [0.15, 0.2) is 30.3 Å². The average molecular weight is 330 g/mol. The lowest BCUT2D eigenvalue weighted by atomic mass is 9.96. The van der Waals surface area contributed by atoms with Gasteiger partial charge in [0.15, 0.2) is 0 Å². The van der Waals surface area contributed by atoms with Gasteiger partial charge in [0.25, 0.3) is 0 Å². The number of aliphatic hydroxyl groups excluding tert-OH is 1. The number of aliphatic hydroxyl groups is 1. The summed E-state index contributed by atoms with van der Waals surface area (Å²) in [6.45, 7) is 5.58. The van der Waals surface area contributed by atoms with Crippen LogP contribution < -0.4 is 0 Å². The van der Waals surface area contributed by atoms with Gasteiger partial charge in [-0.05, 0) is 20.3 Å². The van der Waals surface area contributed by atoms with E-state index < -0.39 is 0 Å².